The van der Waals surface area contributed by atoms with Crippen LogP contribution in [-0.4, -0.2) is 23.2 Å². The summed E-state index contributed by atoms with van der Waals surface area (Å²) in [6.07, 6.45) is 1.28. The van der Waals surface area contributed by atoms with Gasteiger partial charge in [-0.05, 0) is 12.3 Å². The van der Waals surface area contributed by atoms with Gasteiger partial charge in [-0.15, -0.1) is 0 Å². The van der Waals surface area contributed by atoms with Gasteiger partial charge in [0.1, 0.15) is 0 Å². The lowest BCUT2D eigenvalue weighted by Crippen LogP contribution is -1.88. The first-order valence-corrected chi connectivity index (χ1v) is 6.11. The van der Waals surface area contributed by atoms with Gasteiger partial charge in [-0.3, -0.25) is 0 Å². The molecule has 0 unspecified atom stereocenters. The molecule has 0 aromatic rings. The van der Waals surface area contributed by atoms with E-state index >= 15 is 0 Å². The molecule has 10 heavy (non-hydrogen) atoms. The molecule has 0 amide bonds. The predicted octanol–water partition coefficient (Wildman–Crippen LogP) is 2.41. The van der Waals surface area contributed by atoms with Crippen LogP contribution < -0.4 is 0 Å². The SMILES string of the molecule is CC(C)CCSSCCO. The maximum Gasteiger partial charge on any atom is 0.0530 e. The summed E-state index contributed by atoms with van der Waals surface area (Å²) in [6, 6.07) is 0. The molecule has 3 heteroatoms. The van der Waals surface area contributed by atoms with Crippen molar-refractivity contribution in [1.82, 2.24) is 0 Å². The summed E-state index contributed by atoms with van der Waals surface area (Å²) in [5.41, 5.74) is 0. The normalized spacial score (nSPS) is 10.8. The van der Waals surface area contributed by atoms with E-state index in [1.165, 1.54) is 12.2 Å². The van der Waals surface area contributed by atoms with E-state index < -0.39 is 0 Å². The molecule has 1 nitrogen and oxygen atoms in total. The van der Waals surface area contributed by atoms with Crippen molar-refractivity contribution in [2.45, 2.75) is 20.3 Å². The monoisotopic (exact) mass is 180 g/mol. The Bertz CT molecular complexity index is 66.6. The molecule has 0 bridgehead atoms. The first-order chi connectivity index (χ1) is 4.77. The first-order valence-electron chi connectivity index (χ1n) is 3.62. The minimum Gasteiger partial charge on any atom is -0.395 e. The lowest BCUT2D eigenvalue weighted by Gasteiger charge is -2.01. The minimum atomic E-state index is 0.305. The fourth-order valence-corrected chi connectivity index (χ4v) is 2.54. The van der Waals surface area contributed by atoms with Gasteiger partial charge in [0.2, 0.25) is 0 Å². The van der Waals surface area contributed by atoms with Crippen LogP contribution in [0.1, 0.15) is 20.3 Å². The quantitative estimate of drug-likeness (QED) is 0.501. The Kier molecular flexibility index (Phi) is 8.28. The summed E-state index contributed by atoms with van der Waals surface area (Å²) in [4.78, 5) is 0. The van der Waals surface area contributed by atoms with Crippen molar-refractivity contribution < 1.29 is 5.11 Å². The van der Waals surface area contributed by atoms with Gasteiger partial charge in [0.15, 0.2) is 0 Å². The Balaban J connectivity index is 2.77. The zero-order chi connectivity index (χ0) is 7.82. The first kappa shape index (κ1) is 10.7. The summed E-state index contributed by atoms with van der Waals surface area (Å²) in [6.45, 7) is 4.77. The van der Waals surface area contributed by atoms with Crippen LogP contribution in [0.5, 0.6) is 0 Å². The fraction of sp³-hybridized carbons (Fsp3) is 1.00. The van der Waals surface area contributed by atoms with Crippen LogP contribution in [0.15, 0.2) is 0 Å². The molecular weight excluding hydrogens is 164 g/mol. The second kappa shape index (κ2) is 7.76. The molecule has 0 aromatic heterocycles. The molecule has 0 heterocycles. The smallest absolute Gasteiger partial charge is 0.0530 e. The standard InChI is InChI=1S/C7H16OS2/c1-7(2)3-5-9-10-6-4-8/h7-8H,3-6H2,1-2H3. The molecule has 0 rings (SSSR count). The van der Waals surface area contributed by atoms with Crippen molar-refractivity contribution in [3.63, 3.8) is 0 Å². The molecule has 0 aromatic carbocycles. The van der Waals surface area contributed by atoms with E-state index in [9.17, 15) is 0 Å². The minimum absolute atomic E-state index is 0.305. The van der Waals surface area contributed by atoms with Crippen molar-refractivity contribution in [1.29, 1.82) is 0 Å². The van der Waals surface area contributed by atoms with Crippen LogP contribution in [0.3, 0.4) is 0 Å². The van der Waals surface area contributed by atoms with E-state index in [1.807, 2.05) is 10.8 Å². The molecule has 62 valence electrons. The number of aliphatic hydroxyl groups excluding tert-OH is 1. The van der Waals surface area contributed by atoms with Crippen molar-refractivity contribution in [3.8, 4) is 0 Å². The maximum absolute atomic E-state index is 8.44. The number of rotatable bonds is 6. The largest absolute Gasteiger partial charge is 0.395 e. The van der Waals surface area contributed by atoms with Gasteiger partial charge in [-0.25, -0.2) is 0 Å². The number of aliphatic hydroxyl groups is 1. The fourth-order valence-electron chi connectivity index (χ4n) is 0.439. The highest BCUT2D eigenvalue weighted by Crippen LogP contribution is 2.22. The molecule has 0 atom stereocenters. The third kappa shape index (κ3) is 8.66. The molecule has 0 aliphatic heterocycles. The highest BCUT2D eigenvalue weighted by atomic mass is 33.1. The van der Waals surface area contributed by atoms with Crippen molar-refractivity contribution >= 4 is 21.6 Å². The summed E-state index contributed by atoms with van der Waals surface area (Å²) in [7, 11) is 3.62. The zero-order valence-electron chi connectivity index (χ0n) is 6.67. The summed E-state index contributed by atoms with van der Waals surface area (Å²) >= 11 is 0. The summed E-state index contributed by atoms with van der Waals surface area (Å²) in [5.74, 6) is 2.88. The molecule has 0 aliphatic carbocycles. The third-order valence-electron chi connectivity index (χ3n) is 1.04. The van der Waals surface area contributed by atoms with Crippen LogP contribution in [0, 0.1) is 5.92 Å². The van der Waals surface area contributed by atoms with Gasteiger partial charge in [0, 0.05) is 11.5 Å². The van der Waals surface area contributed by atoms with Crippen LogP contribution >= 0.6 is 21.6 Å². The second-order valence-electron chi connectivity index (χ2n) is 2.55. The number of hydrogen-bond donors (Lipinski definition) is 1. The van der Waals surface area contributed by atoms with Crippen molar-refractivity contribution in [2.75, 3.05) is 18.1 Å². The van der Waals surface area contributed by atoms with Crippen LogP contribution in [0.2, 0.25) is 0 Å². The van der Waals surface area contributed by atoms with Crippen LogP contribution in [-0.2, 0) is 0 Å². The average molecular weight is 180 g/mol. The topological polar surface area (TPSA) is 20.2 Å². The van der Waals surface area contributed by atoms with Crippen molar-refractivity contribution in [3.05, 3.63) is 0 Å². The highest BCUT2D eigenvalue weighted by molar-refractivity contribution is 8.76. The molecule has 0 aliphatic rings. The van der Waals surface area contributed by atoms with Gasteiger partial charge < -0.3 is 5.11 Å². The highest BCUT2D eigenvalue weighted by Gasteiger charge is 1.93. The number of hydrogen-bond acceptors (Lipinski definition) is 3. The van der Waals surface area contributed by atoms with Gasteiger partial charge in [-0.1, -0.05) is 35.4 Å². The predicted molar refractivity (Wildman–Crippen MR) is 51.5 cm³/mol. The van der Waals surface area contributed by atoms with Crippen LogP contribution in [0.4, 0.5) is 0 Å². The van der Waals surface area contributed by atoms with Gasteiger partial charge in [0.05, 0.1) is 6.61 Å². The second-order valence-corrected chi connectivity index (χ2v) is 5.25. The van der Waals surface area contributed by atoms with Gasteiger partial charge >= 0.3 is 0 Å². The maximum atomic E-state index is 8.44. The Morgan fingerprint density at radius 3 is 2.30 bits per heavy atom. The molecule has 1 N–H and O–H groups in total. The van der Waals surface area contributed by atoms with Gasteiger partial charge in [-0.2, -0.15) is 0 Å². The van der Waals surface area contributed by atoms with Crippen LogP contribution in [0.25, 0.3) is 0 Å². The molecule has 0 saturated heterocycles. The lowest BCUT2D eigenvalue weighted by molar-refractivity contribution is 0.323. The molecule has 0 spiro atoms. The Hall–Kier alpha value is 0.660. The lowest BCUT2D eigenvalue weighted by atomic mass is 10.2. The van der Waals surface area contributed by atoms with E-state index in [1.54, 1.807) is 10.8 Å². The third-order valence-corrected chi connectivity index (χ3v) is 3.45. The average Bonchev–Trinajstić information content (AvgIpc) is 1.87. The molecule has 0 fully saturated rings. The molecular formula is C7H16OS2. The Morgan fingerprint density at radius 1 is 1.20 bits per heavy atom. The van der Waals surface area contributed by atoms with Gasteiger partial charge in [0.25, 0.3) is 0 Å². The summed E-state index contributed by atoms with van der Waals surface area (Å²) < 4.78 is 0. The van der Waals surface area contributed by atoms with E-state index in [0.29, 0.717) is 6.61 Å². The Morgan fingerprint density at radius 2 is 1.80 bits per heavy atom. The van der Waals surface area contributed by atoms with E-state index in [2.05, 4.69) is 13.8 Å². The van der Waals surface area contributed by atoms with E-state index in [0.717, 1.165) is 11.7 Å². The summed E-state index contributed by atoms with van der Waals surface area (Å²) in [5, 5.41) is 8.44. The molecule has 0 radical (unpaired) electrons. The zero-order valence-corrected chi connectivity index (χ0v) is 8.30. The Labute approximate surface area is 71.4 Å². The van der Waals surface area contributed by atoms with E-state index in [-0.39, 0.29) is 0 Å². The molecule has 0 saturated carbocycles. The van der Waals surface area contributed by atoms with Crippen molar-refractivity contribution in [2.24, 2.45) is 5.92 Å². The van der Waals surface area contributed by atoms with E-state index in [4.69, 9.17) is 5.11 Å².